The van der Waals surface area contributed by atoms with Gasteiger partial charge in [-0.05, 0) is 26.0 Å². The van der Waals surface area contributed by atoms with Crippen molar-refractivity contribution in [1.82, 2.24) is 4.90 Å². The van der Waals surface area contributed by atoms with Gasteiger partial charge in [-0.2, -0.15) is 0 Å². The van der Waals surface area contributed by atoms with Gasteiger partial charge < -0.3 is 10.6 Å². The van der Waals surface area contributed by atoms with Crippen molar-refractivity contribution >= 4 is 28.8 Å². The Morgan fingerprint density at radius 3 is 2.59 bits per heavy atom. The average Bonchev–Trinajstić information content (AvgIpc) is 2.69. The summed E-state index contributed by atoms with van der Waals surface area (Å²) in [6.45, 7) is 7.01. The number of hydrogen-bond acceptors (Lipinski definition) is 3. The normalized spacial score (nSPS) is 14.4. The summed E-state index contributed by atoms with van der Waals surface area (Å²) in [6.07, 6.45) is 0. The summed E-state index contributed by atoms with van der Waals surface area (Å²) in [4.78, 5) is 15.1. The van der Waals surface area contributed by atoms with E-state index in [9.17, 15) is 4.79 Å². The lowest BCUT2D eigenvalue weighted by atomic mass is 10.0. The van der Waals surface area contributed by atoms with E-state index in [1.807, 2.05) is 37.8 Å². The lowest BCUT2D eigenvalue weighted by molar-refractivity contribution is -0.135. The first-order valence-electron chi connectivity index (χ1n) is 5.74. The second-order valence-corrected chi connectivity index (χ2v) is 6.01. The van der Waals surface area contributed by atoms with Crippen LogP contribution in [0.1, 0.15) is 25.6 Å². The summed E-state index contributed by atoms with van der Waals surface area (Å²) >= 11 is 7.38. The monoisotopic (exact) mass is 274 g/mol. The average molecular weight is 275 g/mol. The summed E-state index contributed by atoms with van der Waals surface area (Å²) < 4.78 is 0.753. The van der Waals surface area contributed by atoms with Gasteiger partial charge in [0.25, 0.3) is 0 Å². The summed E-state index contributed by atoms with van der Waals surface area (Å²) in [5.74, 6) is -0.0441. The van der Waals surface area contributed by atoms with Crippen LogP contribution < -0.4 is 5.73 Å². The molecular formula is C12H19ClN2OS. The number of hydrogen-bond donors (Lipinski definition) is 1. The van der Waals surface area contributed by atoms with Crippen LogP contribution in [0.15, 0.2) is 12.1 Å². The molecule has 1 aromatic rings. The minimum Gasteiger partial charge on any atom is -0.338 e. The van der Waals surface area contributed by atoms with Crippen LogP contribution in [-0.4, -0.2) is 23.4 Å². The molecule has 5 heteroatoms. The van der Waals surface area contributed by atoms with Crippen LogP contribution in [0.3, 0.4) is 0 Å². The molecule has 2 atom stereocenters. The van der Waals surface area contributed by atoms with E-state index in [-0.39, 0.29) is 17.9 Å². The Balaban J connectivity index is 2.68. The zero-order valence-electron chi connectivity index (χ0n) is 10.4. The molecule has 2 unspecified atom stereocenters. The van der Waals surface area contributed by atoms with Crippen molar-refractivity contribution in [3.05, 3.63) is 21.3 Å². The lowest BCUT2D eigenvalue weighted by Crippen LogP contribution is -2.41. The molecule has 0 saturated carbocycles. The number of nitrogens with zero attached hydrogens (tertiary/aromatic N) is 1. The van der Waals surface area contributed by atoms with Gasteiger partial charge in [0, 0.05) is 17.5 Å². The number of carbonyl (C=O) groups is 1. The number of rotatable bonds is 5. The highest BCUT2D eigenvalue weighted by Gasteiger charge is 2.22. The van der Waals surface area contributed by atoms with E-state index in [1.54, 1.807) is 0 Å². The van der Waals surface area contributed by atoms with Crippen molar-refractivity contribution in [1.29, 1.82) is 0 Å². The largest absolute Gasteiger partial charge is 0.338 e. The van der Waals surface area contributed by atoms with Gasteiger partial charge in [0.1, 0.15) is 0 Å². The molecule has 0 aliphatic heterocycles. The number of halogens is 1. The molecule has 1 amide bonds. The zero-order chi connectivity index (χ0) is 13.0. The molecule has 0 spiro atoms. The molecule has 0 aliphatic carbocycles. The minimum absolute atomic E-state index is 0.104. The molecule has 3 nitrogen and oxygen atoms in total. The molecule has 0 bridgehead atoms. The van der Waals surface area contributed by atoms with E-state index in [4.69, 9.17) is 17.3 Å². The van der Waals surface area contributed by atoms with Crippen molar-refractivity contribution in [3.63, 3.8) is 0 Å². The zero-order valence-corrected chi connectivity index (χ0v) is 12.0. The maximum atomic E-state index is 12.1. The van der Waals surface area contributed by atoms with Crippen LogP contribution in [0.4, 0.5) is 0 Å². The third-order valence-electron chi connectivity index (χ3n) is 2.85. The summed E-state index contributed by atoms with van der Waals surface area (Å²) in [6, 6.07) is 3.69. The summed E-state index contributed by atoms with van der Waals surface area (Å²) in [7, 11) is 0. The highest BCUT2D eigenvalue weighted by molar-refractivity contribution is 7.16. The number of carbonyl (C=O) groups excluding carboxylic acids is 1. The van der Waals surface area contributed by atoms with Crippen LogP contribution in [0.25, 0.3) is 0 Å². The standard InChI is InChI=1S/C12H19ClN2OS/c1-4-15(12(16)8(2)9(3)14)7-10-5-6-11(13)17-10/h5-6,8-9H,4,7,14H2,1-3H3. The molecule has 2 N–H and O–H groups in total. The second kappa shape index (κ2) is 6.38. The maximum absolute atomic E-state index is 12.1. The van der Waals surface area contributed by atoms with Crippen LogP contribution >= 0.6 is 22.9 Å². The Kier molecular flexibility index (Phi) is 5.43. The molecule has 0 radical (unpaired) electrons. The molecule has 0 fully saturated rings. The van der Waals surface area contributed by atoms with E-state index >= 15 is 0 Å². The molecule has 0 aliphatic rings. The molecule has 1 rings (SSSR count). The van der Waals surface area contributed by atoms with Crippen molar-refractivity contribution in [2.24, 2.45) is 11.7 Å². The van der Waals surface area contributed by atoms with E-state index in [0.717, 1.165) is 9.21 Å². The number of amides is 1. The Hall–Kier alpha value is -0.580. The first-order chi connectivity index (χ1) is 7.95. The van der Waals surface area contributed by atoms with Gasteiger partial charge >= 0.3 is 0 Å². The Labute approximate surface area is 112 Å². The van der Waals surface area contributed by atoms with Gasteiger partial charge in [-0.25, -0.2) is 0 Å². The third-order valence-corrected chi connectivity index (χ3v) is 4.06. The molecule has 0 saturated heterocycles. The SMILES string of the molecule is CCN(Cc1ccc(Cl)s1)C(=O)C(C)C(C)N. The number of thiophene rings is 1. The quantitative estimate of drug-likeness (QED) is 0.897. The van der Waals surface area contributed by atoms with Crippen LogP contribution in [0.5, 0.6) is 0 Å². The first-order valence-corrected chi connectivity index (χ1v) is 6.93. The van der Waals surface area contributed by atoms with Crippen molar-refractivity contribution in [3.8, 4) is 0 Å². The molecular weight excluding hydrogens is 256 g/mol. The van der Waals surface area contributed by atoms with E-state index in [0.29, 0.717) is 13.1 Å². The summed E-state index contributed by atoms with van der Waals surface area (Å²) in [5, 5.41) is 0. The molecule has 0 aromatic carbocycles. The highest BCUT2D eigenvalue weighted by Crippen LogP contribution is 2.23. The Bertz CT molecular complexity index is 378. The predicted molar refractivity (Wildman–Crippen MR) is 73.2 cm³/mol. The van der Waals surface area contributed by atoms with Crippen molar-refractivity contribution in [2.45, 2.75) is 33.4 Å². The second-order valence-electron chi connectivity index (χ2n) is 4.21. The maximum Gasteiger partial charge on any atom is 0.227 e. The van der Waals surface area contributed by atoms with Gasteiger partial charge in [-0.3, -0.25) is 4.79 Å². The molecule has 17 heavy (non-hydrogen) atoms. The first kappa shape index (κ1) is 14.5. The van der Waals surface area contributed by atoms with Gasteiger partial charge in [0.15, 0.2) is 0 Å². The van der Waals surface area contributed by atoms with Gasteiger partial charge in [-0.15, -0.1) is 11.3 Å². The lowest BCUT2D eigenvalue weighted by Gasteiger charge is -2.25. The molecule has 96 valence electrons. The van der Waals surface area contributed by atoms with E-state index in [1.165, 1.54) is 11.3 Å². The van der Waals surface area contributed by atoms with Crippen LogP contribution in [0.2, 0.25) is 4.34 Å². The van der Waals surface area contributed by atoms with Crippen LogP contribution in [0, 0.1) is 5.92 Å². The van der Waals surface area contributed by atoms with Gasteiger partial charge in [0.2, 0.25) is 5.91 Å². The molecule has 1 heterocycles. The van der Waals surface area contributed by atoms with Crippen LogP contribution in [-0.2, 0) is 11.3 Å². The summed E-state index contributed by atoms with van der Waals surface area (Å²) in [5.41, 5.74) is 5.76. The van der Waals surface area contributed by atoms with E-state index in [2.05, 4.69) is 0 Å². The van der Waals surface area contributed by atoms with Gasteiger partial charge in [-0.1, -0.05) is 18.5 Å². The third kappa shape index (κ3) is 3.98. The van der Waals surface area contributed by atoms with E-state index < -0.39 is 0 Å². The fraction of sp³-hybridized carbons (Fsp3) is 0.583. The van der Waals surface area contributed by atoms with Gasteiger partial charge in [0.05, 0.1) is 16.8 Å². The number of nitrogens with two attached hydrogens (primary N) is 1. The Morgan fingerprint density at radius 2 is 2.18 bits per heavy atom. The fourth-order valence-corrected chi connectivity index (χ4v) is 2.59. The highest BCUT2D eigenvalue weighted by atomic mass is 35.5. The smallest absolute Gasteiger partial charge is 0.227 e. The van der Waals surface area contributed by atoms with Crippen molar-refractivity contribution < 1.29 is 4.79 Å². The Morgan fingerprint density at radius 1 is 1.53 bits per heavy atom. The van der Waals surface area contributed by atoms with Crippen molar-refractivity contribution in [2.75, 3.05) is 6.54 Å². The topological polar surface area (TPSA) is 46.3 Å². The fourth-order valence-electron chi connectivity index (χ4n) is 1.48. The minimum atomic E-state index is -0.148. The molecule has 1 aromatic heterocycles. The predicted octanol–water partition coefficient (Wildman–Crippen LogP) is 2.73.